The minimum absolute atomic E-state index is 0.0487. The molecule has 1 aromatic heterocycles. The Balaban J connectivity index is 1.37. The zero-order chi connectivity index (χ0) is 21.8. The topological polar surface area (TPSA) is 58.8 Å². The van der Waals surface area contributed by atoms with Crippen molar-refractivity contribution in [1.29, 1.82) is 0 Å². The van der Waals surface area contributed by atoms with Crippen molar-refractivity contribution >= 4 is 5.91 Å². The molecule has 3 aromatic rings. The van der Waals surface area contributed by atoms with Crippen molar-refractivity contribution in [1.82, 2.24) is 15.0 Å². The Morgan fingerprint density at radius 1 is 1.10 bits per heavy atom. The molecule has 1 amide bonds. The van der Waals surface area contributed by atoms with Gasteiger partial charge < -0.3 is 14.2 Å². The minimum Gasteiger partial charge on any atom is -0.489 e. The molecule has 8 heteroatoms. The highest BCUT2D eigenvalue weighted by Gasteiger charge is 2.28. The van der Waals surface area contributed by atoms with Crippen LogP contribution in [0.3, 0.4) is 0 Å². The average Bonchev–Trinajstić information content (AvgIpc) is 3.14. The van der Waals surface area contributed by atoms with Crippen molar-refractivity contribution in [3.63, 3.8) is 0 Å². The third kappa shape index (κ3) is 4.91. The Hall–Kier alpha value is -3.26. The van der Waals surface area contributed by atoms with Crippen LogP contribution in [0.4, 0.5) is 8.78 Å². The highest BCUT2D eigenvalue weighted by atomic mass is 19.1. The van der Waals surface area contributed by atoms with Gasteiger partial charge in [-0.05, 0) is 25.1 Å². The normalized spacial score (nSPS) is 14.6. The van der Waals surface area contributed by atoms with Crippen molar-refractivity contribution in [2.24, 2.45) is 0 Å². The van der Waals surface area contributed by atoms with E-state index in [4.69, 9.17) is 9.26 Å². The lowest BCUT2D eigenvalue weighted by molar-refractivity contribution is 0.0614. The van der Waals surface area contributed by atoms with E-state index in [1.54, 1.807) is 36.1 Å². The van der Waals surface area contributed by atoms with E-state index in [2.05, 4.69) is 10.1 Å². The van der Waals surface area contributed by atoms with Crippen LogP contribution in [0.2, 0.25) is 0 Å². The van der Waals surface area contributed by atoms with Crippen LogP contribution in [0.1, 0.15) is 27.4 Å². The number of aryl methyl sites for hydroxylation is 1. The Kier molecular flexibility index (Phi) is 6.27. The predicted octanol–water partition coefficient (Wildman–Crippen LogP) is 3.80. The maximum atomic E-state index is 13.9. The molecular weight excluding hydrogens is 404 g/mol. The SMILES string of the molecule is Cc1onc(C(=O)N2CCN(Cc3ccccc3F)CC2)c1COc1cccc(F)c1. The predicted molar refractivity (Wildman–Crippen MR) is 110 cm³/mol. The van der Waals surface area contributed by atoms with E-state index in [9.17, 15) is 13.6 Å². The van der Waals surface area contributed by atoms with Gasteiger partial charge in [-0.15, -0.1) is 0 Å². The molecule has 31 heavy (non-hydrogen) atoms. The average molecular weight is 427 g/mol. The fourth-order valence-electron chi connectivity index (χ4n) is 3.57. The molecule has 2 aromatic carbocycles. The Morgan fingerprint density at radius 2 is 1.87 bits per heavy atom. The summed E-state index contributed by atoms with van der Waals surface area (Å²) in [4.78, 5) is 16.9. The van der Waals surface area contributed by atoms with Crippen LogP contribution in [0.25, 0.3) is 0 Å². The van der Waals surface area contributed by atoms with Gasteiger partial charge in [0, 0.05) is 44.4 Å². The van der Waals surface area contributed by atoms with E-state index in [1.807, 2.05) is 6.07 Å². The zero-order valence-electron chi connectivity index (χ0n) is 17.2. The fourth-order valence-corrected chi connectivity index (χ4v) is 3.57. The number of carbonyl (C=O) groups excluding carboxylic acids is 1. The first kappa shape index (κ1) is 21.0. The van der Waals surface area contributed by atoms with Crippen molar-refractivity contribution in [2.75, 3.05) is 26.2 Å². The Morgan fingerprint density at radius 3 is 2.61 bits per heavy atom. The molecule has 0 radical (unpaired) electrons. The molecule has 1 fully saturated rings. The molecule has 1 aliphatic heterocycles. The van der Waals surface area contributed by atoms with Crippen LogP contribution in [-0.4, -0.2) is 47.0 Å². The summed E-state index contributed by atoms with van der Waals surface area (Å²) in [6.07, 6.45) is 0. The van der Waals surface area contributed by atoms with Crippen molar-refractivity contribution < 1.29 is 22.8 Å². The van der Waals surface area contributed by atoms with E-state index in [0.29, 0.717) is 55.4 Å². The second kappa shape index (κ2) is 9.26. The number of aromatic nitrogens is 1. The third-order valence-corrected chi connectivity index (χ3v) is 5.38. The number of amides is 1. The highest BCUT2D eigenvalue weighted by molar-refractivity contribution is 5.93. The first-order valence-electron chi connectivity index (χ1n) is 10.1. The fraction of sp³-hybridized carbons (Fsp3) is 0.304. The van der Waals surface area contributed by atoms with Gasteiger partial charge in [0.15, 0.2) is 5.69 Å². The van der Waals surface area contributed by atoms with Crippen molar-refractivity contribution in [3.05, 3.63) is 82.7 Å². The summed E-state index contributed by atoms with van der Waals surface area (Å²) in [7, 11) is 0. The number of carbonyl (C=O) groups is 1. The first-order valence-corrected chi connectivity index (χ1v) is 10.1. The summed E-state index contributed by atoms with van der Waals surface area (Å²) < 4.78 is 38.1. The summed E-state index contributed by atoms with van der Waals surface area (Å²) in [5.41, 5.74) is 1.39. The molecule has 0 bridgehead atoms. The van der Waals surface area contributed by atoms with Gasteiger partial charge in [-0.2, -0.15) is 0 Å². The smallest absolute Gasteiger partial charge is 0.276 e. The van der Waals surface area contributed by atoms with Gasteiger partial charge in [-0.1, -0.05) is 29.4 Å². The number of benzene rings is 2. The van der Waals surface area contributed by atoms with Gasteiger partial charge in [0.1, 0.15) is 29.8 Å². The first-order chi connectivity index (χ1) is 15.0. The third-order valence-electron chi connectivity index (χ3n) is 5.38. The molecule has 0 atom stereocenters. The maximum Gasteiger partial charge on any atom is 0.276 e. The van der Waals surface area contributed by atoms with Gasteiger partial charge in [0.05, 0.1) is 5.56 Å². The standard InChI is InChI=1S/C23H23F2N3O3/c1-16-20(15-30-19-7-4-6-18(24)13-19)22(26-31-16)23(29)28-11-9-27(10-12-28)14-17-5-2-3-8-21(17)25/h2-8,13H,9-12,14-15H2,1H3. The lowest BCUT2D eigenvalue weighted by Crippen LogP contribution is -2.48. The Labute approximate surface area is 179 Å². The van der Waals surface area contributed by atoms with Crippen LogP contribution >= 0.6 is 0 Å². The molecule has 4 rings (SSSR count). The molecule has 0 unspecified atom stereocenters. The van der Waals surface area contributed by atoms with E-state index in [-0.39, 0.29) is 24.0 Å². The van der Waals surface area contributed by atoms with Crippen LogP contribution in [0, 0.1) is 18.6 Å². The monoisotopic (exact) mass is 427 g/mol. The lowest BCUT2D eigenvalue weighted by Gasteiger charge is -2.34. The number of ether oxygens (including phenoxy) is 1. The number of rotatable bonds is 6. The van der Waals surface area contributed by atoms with Gasteiger partial charge in [-0.3, -0.25) is 9.69 Å². The molecule has 0 spiro atoms. The van der Waals surface area contributed by atoms with Gasteiger partial charge in [-0.25, -0.2) is 8.78 Å². The molecule has 1 aliphatic rings. The molecule has 6 nitrogen and oxygen atoms in total. The molecule has 1 saturated heterocycles. The number of halogens is 2. The van der Waals surface area contributed by atoms with Crippen LogP contribution < -0.4 is 4.74 Å². The van der Waals surface area contributed by atoms with E-state index < -0.39 is 5.82 Å². The van der Waals surface area contributed by atoms with Crippen LogP contribution in [-0.2, 0) is 13.2 Å². The number of piperazine rings is 1. The van der Waals surface area contributed by atoms with Gasteiger partial charge in [0.2, 0.25) is 0 Å². The molecule has 2 heterocycles. The van der Waals surface area contributed by atoms with Crippen molar-refractivity contribution in [3.8, 4) is 5.75 Å². The van der Waals surface area contributed by atoms with Crippen LogP contribution in [0.15, 0.2) is 53.1 Å². The second-order valence-electron chi connectivity index (χ2n) is 7.47. The molecule has 0 N–H and O–H groups in total. The second-order valence-corrected chi connectivity index (χ2v) is 7.47. The number of nitrogens with zero attached hydrogens (tertiary/aromatic N) is 3. The molecule has 0 saturated carbocycles. The Bertz CT molecular complexity index is 1060. The summed E-state index contributed by atoms with van der Waals surface area (Å²) in [5.74, 6) is -0.00922. The molecular formula is C23H23F2N3O3. The van der Waals surface area contributed by atoms with Gasteiger partial charge >= 0.3 is 0 Å². The van der Waals surface area contributed by atoms with E-state index in [0.717, 1.165) is 0 Å². The van der Waals surface area contributed by atoms with Crippen molar-refractivity contribution in [2.45, 2.75) is 20.1 Å². The zero-order valence-corrected chi connectivity index (χ0v) is 17.2. The van der Waals surface area contributed by atoms with Gasteiger partial charge in [0.25, 0.3) is 5.91 Å². The van der Waals surface area contributed by atoms with Crippen LogP contribution in [0.5, 0.6) is 5.75 Å². The largest absolute Gasteiger partial charge is 0.489 e. The maximum absolute atomic E-state index is 13.9. The lowest BCUT2D eigenvalue weighted by atomic mass is 10.1. The summed E-state index contributed by atoms with van der Waals surface area (Å²) in [5, 5.41) is 3.94. The molecule has 0 aliphatic carbocycles. The summed E-state index contributed by atoms with van der Waals surface area (Å²) in [6, 6.07) is 12.5. The summed E-state index contributed by atoms with van der Waals surface area (Å²) in [6.45, 7) is 4.53. The number of hydrogen-bond acceptors (Lipinski definition) is 5. The summed E-state index contributed by atoms with van der Waals surface area (Å²) >= 11 is 0. The quantitative estimate of drug-likeness (QED) is 0.599. The molecule has 162 valence electrons. The minimum atomic E-state index is -0.399. The highest BCUT2D eigenvalue weighted by Crippen LogP contribution is 2.21. The van der Waals surface area contributed by atoms with E-state index in [1.165, 1.54) is 18.2 Å². The number of hydrogen-bond donors (Lipinski definition) is 0. The van der Waals surface area contributed by atoms with E-state index >= 15 is 0 Å².